The zero-order valence-corrected chi connectivity index (χ0v) is 15.3. The number of aromatic nitrogens is 3. The van der Waals surface area contributed by atoms with Crippen molar-refractivity contribution in [2.24, 2.45) is 0 Å². The van der Waals surface area contributed by atoms with Crippen LogP contribution >= 0.6 is 0 Å². The van der Waals surface area contributed by atoms with Crippen molar-refractivity contribution >= 4 is 15.8 Å². The van der Waals surface area contributed by atoms with E-state index in [0.29, 0.717) is 17.3 Å². The maximum absolute atomic E-state index is 12.7. The van der Waals surface area contributed by atoms with Crippen molar-refractivity contribution in [3.05, 3.63) is 60.2 Å². The van der Waals surface area contributed by atoms with Gasteiger partial charge in [0.1, 0.15) is 0 Å². The van der Waals surface area contributed by atoms with Gasteiger partial charge < -0.3 is 4.52 Å². The van der Waals surface area contributed by atoms with E-state index in [1.165, 1.54) is 35.5 Å². The summed E-state index contributed by atoms with van der Waals surface area (Å²) >= 11 is 0. The number of pyridine rings is 1. The summed E-state index contributed by atoms with van der Waals surface area (Å²) in [4.78, 5) is 19.8. The molecule has 0 aliphatic carbocycles. The quantitative estimate of drug-likeness (QED) is 0.620. The van der Waals surface area contributed by atoms with Gasteiger partial charge in [-0.05, 0) is 31.2 Å². The summed E-state index contributed by atoms with van der Waals surface area (Å²) < 4.78 is 32.0. The van der Waals surface area contributed by atoms with Gasteiger partial charge in [-0.3, -0.25) is 9.78 Å². The fourth-order valence-electron chi connectivity index (χ4n) is 2.82. The van der Waals surface area contributed by atoms with Crippen molar-refractivity contribution < 1.29 is 17.7 Å². The molecule has 2 aromatic heterocycles. The van der Waals surface area contributed by atoms with Crippen LogP contribution in [0.15, 0.2) is 58.2 Å². The second-order valence-electron chi connectivity index (χ2n) is 6.29. The highest BCUT2D eigenvalue weighted by Crippen LogP contribution is 2.32. The SMILES string of the molecule is CC(=O)c1ccc(S(=O)(=O)N2CC(c3nc(-c4ccncc4)no3)C2)cc1. The summed E-state index contributed by atoms with van der Waals surface area (Å²) in [6.45, 7) is 1.98. The zero-order chi connectivity index (χ0) is 19.0. The normalized spacial score (nSPS) is 15.4. The molecule has 0 N–H and O–H groups in total. The molecule has 138 valence electrons. The Bertz CT molecular complexity index is 1070. The van der Waals surface area contributed by atoms with Gasteiger partial charge >= 0.3 is 0 Å². The van der Waals surface area contributed by atoms with Crippen LogP contribution in [0.3, 0.4) is 0 Å². The number of Topliss-reactive ketones (excluding diaryl/α,β-unsaturated/α-hetero) is 1. The fourth-order valence-corrected chi connectivity index (χ4v) is 4.35. The number of carbonyl (C=O) groups excluding carboxylic acids is 1. The molecule has 27 heavy (non-hydrogen) atoms. The lowest BCUT2D eigenvalue weighted by molar-refractivity contribution is 0.101. The number of sulfonamides is 1. The lowest BCUT2D eigenvalue weighted by Gasteiger charge is -2.35. The summed E-state index contributed by atoms with van der Waals surface area (Å²) in [5.41, 5.74) is 1.26. The molecule has 4 rings (SSSR count). The molecule has 1 fully saturated rings. The first kappa shape index (κ1) is 17.5. The second kappa shape index (κ2) is 6.67. The Balaban J connectivity index is 1.46. The number of nitrogens with zero attached hydrogens (tertiary/aromatic N) is 4. The van der Waals surface area contributed by atoms with Crippen LogP contribution in [-0.2, 0) is 10.0 Å². The molecule has 0 unspecified atom stereocenters. The van der Waals surface area contributed by atoms with E-state index in [0.717, 1.165) is 5.56 Å². The highest BCUT2D eigenvalue weighted by atomic mass is 32.2. The first-order valence-electron chi connectivity index (χ1n) is 8.30. The van der Waals surface area contributed by atoms with Gasteiger partial charge in [-0.25, -0.2) is 8.42 Å². The van der Waals surface area contributed by atoms with Crippen LogP contribution in [0.25, 0.3) is 11.4 Å². The van der Waals surface area contributed by atoms with Crippen LogP contribution in [0, 0.1) is 0 Å². The lowest BCUT2D eigenvalue weighted by Crippen LogP contribution is -2.48. The summed E-state index contributed by atoms with van der Waals surface area (Å²) in [7, 11) is -3.61. The predicted octanol–water partition coefficient (Wildman–Crippen LogP) is 2.12. The first-order valence-corrected chi connectivity index (χ1v) is 9.74. The average molecular weight is 384 g/mol. The number of rotatable bonds is 5. The van der Waals surface area contributed by atoms with Crippen molar-refractivity contribution in [3.8, 4) is 11.4 Å². The Morgan fingerprint density at radius 3 is 2.41 bits per heavy atom. The molecule has 3 heterocycles. The van der Waals surface area contributed by atoms with E-state index in [4.69, 9.17) is 4.52 Å². The minimum Gasteiger partial charge on any atom is -0.339 e. The molecule has 3 aromatic rings. The number of ketones is 1. The summed E-state index contributed by atoms with van der Waals surface area (Å²) in [5, 5.41) is 3.95. The van der Waals surface area contributed by atoms with E-state index >= 15 is 0 Å². The van der Waals surface area contributed by atoms with Gasteiger partial charge in [0.2, 0.25) is 21.7 Å². The van der Waals surface area contributed by atoms with Crippen molar-refractivity contribution in [3.63, 3.8) is 0 Å². The van der Waals surface area contributed by atoms with Crippen LogP contribution in [0.2, 0.25) is 0 Å². The molecule has 0 atom stereocenters. The molecule has 1 saturated heterocycles. The Labute approximate surface area is 155 Å². The third-order valence-corrected chi connectivity index (χ3v) is 6.32. The molecular formula is C18H16N4O4S. The average Bonchev–Trinajstić information content (AvgIpc) is 3.10. The molecule has 9 heteroatoms. The second-order valence-corrected chi connectivity index (χ2v) is 8.23. The fraction of sp³-hybridized carbons (Fsp3) is 0.222. The minimum absolute atomic E-state index is 0.107. The van der Waals surface area contributed by atoms with E-state index in [-0.39, 0.29) is 29.7 Å². The van der Waals surface area contributed by atoms with E-state index < -0.39 is 10.0 Å². The van der Waals surface area contributed by atoms with Crippen molar-refractivity contribution in [2.45, 2.75) is 17.7 Å². The third kappa shape index (κ3) is 3.26. The smallest absolute Gasteiger partial charge is 0.243 e. The van der Waals surface area contributed by atoms with Gasteiger partial charge in [0.05, 0.1) is 10.8 Å². The highest BCUT2D eigenvalue weighted by Gasteiger charge is 2.40. The number of carbonyl (C=O) groups is 1. The minimum atomic E-state index is -3.61. The topological polar surface area (TPSA) is 106 Å². The Morgan fingerprint density at radius 2 is 1.78 bits per heavy atom. The largest absolute Gasteiger partial charge is 0.339 e. The monoisotopic (exact) mass is 384 g/mol. The number of hydrogen-bond acceptors (Lipinski definition) is 7. The molecule has 0 amide bonds. The molecule has 8 nitrogen and oxygen atoms in total. The first-order chi connectivity index (χ1) is 12.9. The van der Waals surface area contributed by atoms with E-state index in [2.05, 4.69) is 15.1 Å². The summed E-state index contributed by atoms with van der Waals surface area (Å²) in [6, 6.07) is 9.49. The number of hydrogen-bond donors (Lipinski definition) is 0. The third-order valence-electron chi connectivity index (χ3n) is 4.48. The van der Waals surface area contributed by atoms with Gasteiger partial charge in [0, 0.05) is 36.6 Å². The Morgan fingerprint density at radius 1 is 1.11 bits per heavy atom. The van der Waals surface area contributed by atoms with Crippen LogP contribution in [0.4, 0.5) is 0 Å². The lowest BCUT2D eigenvalue weighted by atomic mass is 10.0. The van der Waals surface area contributed by atoms with Gasteiger partial charge in [-0.2, -0.15) is 9.29 Å². The van der Waals surface area contributed by atoms with Crippen molar-refractivity contribution in [1.82, 2.24) is 19.4 Å². The van der Waals surface area contributed by atoms with Gasteiger partial charge in [-0.15, -0.1) is 0 Å². The molecular weight excluding hydrogens is 368 g/mol. The van der Waals surface area contributed by atoms with Crippen LogP contribution < -0.4 is 0 Å². The molecule has 0 spiro atoms. The molecule has 0 saturated carbocycles. The summed E-state index contributed by atoms with van der Waals surface area (Å²) in [6.07, 6.45) is 3.28. The van der Waals surface area contributed by atoms with Crippen molar-refractivity contribution in [1.29, 1.82) is 0 Å². The van der Waals surface area contributed by atoms with E-state index in [1.807, 2.05) is 0 Å². The van der Waals surface area contributed by atoms with Gasteiger partial charge in [0.15, 0.2) is 5.78 Å². The predicted molar refractivity (Wildman–Crippen MR) is 95.5 cm³/mol. The standard InChI is InChI=1S/C18H16N4O4S/c1-12(23)13-2-4-16(5-3-13)27(24,25)22-10-15(11-22)18-20-17(21-26-18)14-6-8-19-9-7-14/h2-9,15H,10-11H2,1H3. The number of benzene rings is 1. The van der Waals surface area contributed by atoms with Gasteiger partial charge in [0.25, 0.3) is 0 Å². The van der Waals surface area contributed by atoms with Crippen molar-refractivity contribution in [2.75, 3.05) is 13.1 Å². The molecule has 0 radical (unpaired) electrons. The van der Waals surface area contributed by atoms with E-state index in [1.54, 1.807) is 24.5 Å². The molecule has 1 aliphatic heterocycles. The van der Waals surface area contributed by atoms with Crippen LogP contribution in [0.1, 0.15) is 29.1 Å². The molecule has 0 bridgehead atoms. The van der Waals surface area contributed by atoms with Crippen LogP contribution in [-0.4, -0.2) is 46.7 Å². The maximum Gasteiger partial charge on any atom is 0.243 e. The molecule has 1 aromatic carbocycles. The Kier molecular flexibility index (Phi) is 4.33. The van der Waals surface area contributed by atoms with E-state index in [9.17, 15) is 13.2 Å². The van der Waals surface area contributed by atoms with Gasteiger partial charge in [-0.1, -0.05) is 17.3 Å². The summed E-state index contributed by atoms with van der Waals surface area (Å²) in [5.74, 6) is 0.623. The molecule has 1 aliphatic rings. The van der Waals surface area contributed by atoms with Crippen LogP contribution in [0.5, 0.6) is 0 Å². The highest BCUT2D eigenvalue weighted by molar-refractivity contribution is 7.89. The zero-order valence-electron chi connectivity index (χ0n) is 14.4. The maximum atomic E-state index is 12.7. The Hall–Kier alpha value is -2.91.